The van der Waals surface area contributed by atoms with Gasteiger partial charge in [0.2, 0.25) is 5.91 Å². The summed E-state index contributed by atoms with van der Waals surface area (Å²) in [6.45, 7) is 6.89. The average Bonchev–Trinajstić information content (AvgIpc) is 2.82. The van der Waals surface area contributed by atoms with Crippen molar-refractivity contribution in [3.05, 3.63) is 64.7 Å². The molecule has 1 fully saturated rings. The third-order valence-electron chi connectivity index (χ3n) is 6.26. The monoisotopic (exact) mass is 484 g/mol. The van der Waals surface area contributed by atoms with E-state index in [0.717, 1.165) is 12.0 Å². The van der Waals surface area contributed by atoms with Crippen LogP contribution in [0.2, 0.25) is 5.02 Å². The third kappa shape index (κ3) is 6.97. The van der Waals surface area contributed by atoms with Crippen LogP contribution in [0.1, 0.15) is 49.0 Å². The Kier molecular flexibility index (Phi) is 8.93. The number of benzene rings is 2. The van der Waals surface area contributed by atoms with Crippen molar-refractivity contribution in [1.82, 2.24) is 15.5 Å². The van der Waals surface area contributed by atoms with Crippen LogP contribution < -0.4 is 16.0 Å². The maximum atomic E-state index is 13.1. The number of amides is 4. The van der Waals surface area contributed by atoms with Crippen LogP contribution in [0.5, 0.6) is 0 Å². The van der Waals surface area contributed by atoms with Gasteiger partial charge in [0, 0.05) is 35.4 Å². The number of urea groups is 1. The predicted octanol–water partition coefficient (Wildman–Crippen LogP) is 4.61. The first-order valence-electron chi connectivity index (χ1n) is 11.8. The summed E-state index contributed by atoms with van der Waals surface area (Å²) >= 11 is 6.00. The molecule has 3 rings (SSSR count). The van der Waals surface area contributed by atoms with E-state index in [1.165, 1.54) is 0 Å². The Balaban J connectivity index is 1.65. The third-order valence-corrected chi connectivity index (χ3v) is 6.49. The maximum Gasteiger partial charge on any atom is 0.321 e. The number of hydrogen-bond donors (Lipinski definition) is 3. The fourth-order valence-electron chi connectivity index (χ4n) is 3.97. The molecular weight excluding hydrogens is 452 g/mol. The number of nitrogens with one attached hydrogen (secondary N) is 3. The fourth-order valence-corrected chi connectivity index (χ4v) is 4.16. The zero-order chi connectivity index (χ0) is 24.7. The van der Waals surface area contributed by atoms with Crippen molar-refractivity contribution in [3.8, 4) is 0 Å². The molecule has 0 aromatic heterocycles. The summed E-state index contributed by atoms with van der Waals surface area (Å²) in [4.78, 5) is 40.4. The minimum atomic E-state index is -0.666. The SMILES string of the molecule is CC[C@@H](C)NC(=O)[C@H](NC(=O)c1ccc(C)cc1)C1CCN(C(=O)Nc2cccc(Cl)c2)CC1. The molecule has 1 heterocycles. The molecule has 0 bridgehead atoms. The number of rotatable bonds is 7. The van der Waals surface area contributed by atoms with Crippen LogP contribution in [0.4, 0.5) is 10.5 Å². The summed E-state index contributed by atoms with van der Waals surface area (Å²) in [5.41, 5.74) is 2.21. The van der Waals surface area contributed by atoms with Crippen LogP contribution >= 0.6 is 11.6 Å². The number of piperidine rings is 1. The number of carbonyl (C=O) groups excluding carboxylic acids is 3. The van der Waals surface area contributed by atoms with E-state index < -0.39 is 6.04 Å². The molecule has 2 aromatic rings. The number of likely N-dealkylation sites (tertiary alicyclic amines) is 1. The van der Waals surface area contributed by atoms with Gasteiger partial charge in [0.05, 0.1) is 0 Å². The Morgan fingerprint density at radius 1 is 1.06 bits per heavy atom. The van der Waals surface area contributed by atoms with Crippen molar-refractivity contribution in [3.63, 3.8) is 0 Å². The molecule has 0 saturated carbocycles. The lowest BCUT2D eigenvalue weighted by atomic mass is 9.88. The molecule has 2 aromatic carbocycles. The molecule has 3 N–H and O–H groups in total. The average molecular weight is 485 g/mol. The lowest BCUT2D eigenvalue weighted by molar-refractivity contribution is -0.125. The minimum Gasteiger partial charge on any atom is -0.352 e. The summed E-state index contributed by atoms with van der Waals surface area (Å²) in [5.74, 6) is -0.532. The molecule has 0 aliphatic carbocycles. The van der Waals surface area contributed by atoms with Gasteiger partial charge in [-0.25, -0.2) is 4.79 Å². The van der Waals surface area contributed by atoms with E-state index in [1.807, 2.05) is 32.9 Å². The molecule has 1 saturated heterocycles. The standard InChI is InChI=1S/C26H33ClN4O3/c1-4-18(3)28-25(33)23(30-24(32)20-10-8-17(2)9-11-20)19-12-14-31(15-13-19)26(34)29-22-7-5-6-21(27)16-22/h5-11,16,18-19,23H,4,12-15H2,1-3H3,(H,28,33)(H,29,34)(H,30,32)/t18-,23-/m1/s1. The van der Waals surface area contributed by atoms with E-state index in [9.17, 15) is 14.4 Å². The molecule has 1 aliphatic rings. The highest BCUT2D eigenvalue weighted by molar-refractivity contribution is 6.30. The zero-order valence-corrected chi connectivity index (χ0v) is 20.7. The molecule has 182 valence electrons. The van der Waals surface area contributed by atoms with E-state index in [4.69, 9.17) is 11.6 Å². The Bertz CT molecular complexity index is 1000. The number of aryl methyl sites for hydroxylation is 1. The van der Waals surface area contributed by atoms with Crippen molar-refractivity contribution in [1.29, 1.82) is 0 Å². The summed E-state index contributed by atoms with van der Waals surface area (Å²) in [6.07, 6.45) is 2.01. The molecule has 1 aliphatic heterocycles. The van der Waals surface area contributed by atoms with E-state index in [1.54, 1.807) is 41.3 Å². The summed E-state index contributed by atoms with van der Waals surface area (Å²) in [5, 5.41) is 9.38. The van der Waals surface area contributed by atoms with Crippen LogP contribution in [-0.4, -0.2) is 47.9 Å². The van der Waals surface area contributed by atoms with Gasteiger partial charge in [-0.05, 0) is 69.4 Å². The molecule has 8 heteroatoms. The molecule has 0 spiro atoms. The first kappa shape index (κ1) is 25.6. The fraction of sp³-hybridized carbons (Fsp3) is 0.423. The Hall–Kier alpha value is -3.06. The molecule has 0 unspecified atom stereocenters. The smallest absolute Gasteiger partial charge is 0.321 e. The van der Waals surface area contributed by atoms with E-state index >= 15 is 0 Å². The van der Waals surface area contributed by atoms with Crippen LogP contribution in [-0.2, 0) is 4.79 Å². The van der Waals surface area contributed by atoms with Gasteiger partial charge in [0.15, 0.2) is 0 Å². The minimum absolute atomic E-state index is 0.00911. The molecule has 34 heavy (non-hydrogen) atoms. The molecule has 2 atom stereocenters. The molecule has 7 nitrogen and oxygen atoms in total. The molecular formula is C26H33ClN4O3. The largest absolute Gasteiger partial charge is 0.352 e. The van der Waals surface area contributed by atoms with Gasteiger partial charge in [-0.2, -0.15) is 0 Å². The predicted molar refractivity (Wildman–Crippen MR) is 135 cm³/mol. The van der Waals surface area contributed by atoms with Gasteiger partial charge in [0.25, 0.3) is 5.91 Å². The Morgan fingerprint density at radius 3 is 2.35 bits per heavy atom. The highest BCUT2D eigenvalue weighted by Crippen LogP contribution is 2.23. The van der Waals surface area contributed by atoms with Gasteiger partial charge in [0.1, 0.15) is 6.04 Å². The van der Waals surface area contributed by atoms with E-state index in [2.05, 4.69) is 16.0 Å². The number of carbonyl (C=O) groups is 3. The van der Waals surface area contributed by atoms with Gasteiger partial charge in [-0.3, -0.25) is 9.59 Å². The first-order chi connectivity index (χ1) is 16.3. The second kappa shape index (κ2) is 11.9. The normalized spacial score (nSPS) is 15.8. The van der Waals surface area contributed by atoms with Gasteiger partial charge in [-0.15, -0.1) is 0 Å². The summed E-state index contributed by atoms with van der Waals surface area (Å²) < 4.78 is 0. The number of nitrogens with zero attached hydrogens (tertiary/aromatic N) is 1. The summed E-state index contributed by atoms with van der Waals surface area (Å²) in [6, 6.07) is 13.4. The number of halogens is 1. The highest BCUT2D eigenvalue weighted by atomic mass is 35.5. The lowest BCUT2D eigenvalue weighted by Gasteiger charge is -2.36. The van der Waals surface area contributed by atoms with Crippen molar-refractivity contribution >= 4 is 35.1 Å². The van der Waals surface area contributed by atoms with E-state index in [-0.39, 0.29) is 29.8 Å². The molecule has 4 amide bonds. The number of anilines is 1. The van der Waals surface area contributed by atoms with Gasteiger partial charge < -0.3 is 20.9 Å². The van der Waals surface area contributed by atoms with Gasteiger partial charge in [-0.1, -0.05) is 42.3 Å². The lowest BCUT2D eigenvalue weighted by Crippen LogP contribution is -2.55. The summed E-state index contributed by atoms with van der Waals surface area (Å²) in [7, 11) is 0. The maximum absolute atomic E-state index is 13.1. The van der Waals surface area contributed by atoms with Crippen molar-refractivity contribution in [2.24, 2.45) is 5.92 Å². The van der Waals surface area contributed by atoms with E-state index in [0.29, 0.717) is 42.2 Å². The van der Waals surface area contributed by atoms with Crippen LogP contribution in [0.25, 0.3) is 0 Å². The van der Waals surface area contributed by atoms with Crippen molar-refractivity contribution < 1.29 is 14.4 Å². The number of hydrogen-bond acceptors (Lipinski definition) is 3. The van der Waals surface area contributed by atoms with Crippen LogP contribution in [0.3, 0.4) is 0 Å². The Labute approximate surface area is 206 Å². The van der Waals surface area contributed by atoms with Gasteiger partial charge >= 0.3 is 6.03 Å². The van der Waals surface area contributed by atoms with Crippen LogP contribution in [0, 0.1) is 12.8 Å². The topological polar surface area (TPSA) is 90.5 Å². The zero-order valence-electron chi connectivity index (χ0n) is 19.9. The van der Waals surface area contributed by atoms with Crippen molar-refractivity contribution in [2.75, 3.05) is 18.4 Å². The highest BCUT2D eigenvalue weighted by Gasteiger charge is 2.34. The van der Waals surface area contributed by atoms with Crippen molar-refractivity contribution in [2.45, 2.75) is 52.1 Å². The molecule has 0 radical (unpaired) electrons. The second-order valence-electron chi connectivity index (χ2n) is 8.90. The first-order valence-corrected chi connectivity index (χ1v) is 12.1. The quantitative estimate of drug-likeness (QED) is 0.536. The van der Waals surface area contributed by atoms with Crippen LogP contribution in [0.15, 0.2) is 48.5 Å². The second-order valence-corrected chi connectivity index (χ2v) is 9.34. The Morgan fingerprint density at radius 2 is 1.74 bits per heavy atom.